The third kappa shape index (κ3) is 3.68. The normalized spacial score (nSPS) is 12.6. The molecule has 0 aliphatic rings. The number of hydrogen-bond acceptors (Lipinski definition) is 2. The fourth-order valence-electron chi connectivity index (χ4n) is 2.39. The van der Waals surface area contributed by atoms with Crippen LogP contribution in [0.4, 0.5) is 0 Å². The first-order chi connectivity index (χ1) is 11.5. The van der Waals surface area contributed by atoms with Crippen LogP contribution in [-0.4, -0.2) is 15.3 Å². The largest absolute Gasteiger partial charge is 0.346 e. The summed E-state index contributed by atoms with van der Waals surface area (Å²) in [6.45, 7) is 1.94. The zero-order valence-corrected chi connectivity index (χ0v) is 15.3. The number of nitrogens with zero attached hydrogens (tertiary/aromatic N) is 2. The highest BCUT2D eigenvalue weighted by atomic mass is 79.9. The van der Waals surface area contributed by atoms with Crippen LogP contribution in [-0.2, 0) is 4.79 Å². The van der Waals surface area contributed by atoms with Crippen molar-refractivity contribution in [1.29, 1.82) is 0 Å². The zero-order valence-electron chi connectivity index (χ0n) is 12.9. The summed E-state index contributed by atoms with van der Waals surface area (Å²) in [7, 11) is 0. The van der Waals surface area contributed by atoms with Crippen LogP contribution in [0.1, 0.15) is 24.2 Å². The van der Waals surface area contributed by atoms with Crippen molar-refractivity contribution in [2.24, 2.45) is 0 Å². The van der Waals surface area contributed by atoms with E-state index in [1.165, 1.54) is 6.08 Å². The summed E-state index contributed by atoms with van der Waals surface area (Å²) in [6, 6.07) is 13.4. The predicted molar refractivity (Wildman–Crippen MR) is 99.9 cm³/mol. The minimum atomic E-state index is -0.188. The Morgan fingerprint density at radius 2 is 2.04 bits per heavy atom. The Hall–Kier alpha value is -2.11. The molecule has 3 aromatic rings. The lowest BCUT2D eigenvalue weighted by molar-refractivity contribution is -0.117. The van der Waals surface area contributed by atoms with Gasteiger partial charge in [-0.3, -0.25) is 9.20 Å². The molecule has 0 saturated carbocycles. The van der Waals surface area contributed by atoms with Gasteiger partial charge in [0.1, 0.15) is 5.65 Å². The monoisotopic (exact) mass is 403 g/mol. The number of imidazole rings is 1. The molecule has 0 unspecified atom stereocenters. The average molecular weight is 405 g/mol. The van der Waals surface area contributed by atoms with Gasteiger partial charge in [0.25, 0.3) is 0 Å². The summed E-state index contributed by atoms with van der Waals surface area (Å²) in [5.41, 5.74) is 2.46. The van der Waals surface area contributed by atoms with Gasteiger partial charge in [-0.15, -0.1) is 0 Å². The van der Waals surface area contributed by atoms with Crippen LogP contribution < -0.4 is 5.32 Å². The Morgan fingerprint density at radius 1 is 1.29 bits per heavy atom. The molecule has 2 aromatic heterocycles. The van der Waals surface area contributed by atoms with Gasteiger partial charge in [-0.1, -0.05) is 45.7 Å². The minimum Gasteiger partial charge on any atom is -0.346 e. The molecule has 1 atom stereocenters. The zero-order chi connectivity index (χ0) is 17.1. The summed E-state index contributed by atoms with van der Waals surface area (Å²) in [5.74, 6) is -0.188. The molecule has 122 valence electrons. The molecule has 24 heavy (non-hydrogen) atoms. The van der Waals surface area contributed by atoms with Crippen molar-refractivity contribution < 1.29 is 4.79 Å². The SMILES string of the molecule is C[C@@H](NC(=O)/C=C/c1c(Cl)nc2ccccn12)c1ccc(Br)cc1. The molecular formula is C18H15BrClN3O. The van der Waals surface area contributed by atoms with Crippen molar-refractivity contribution in [1.82, 2.24) is 14.7 Å². The molecule has 1 aromatic carbocycles. The minimum absolute atomic E-state index is 0.0899. The van der Waals surface area contributed by atoms with Gasteiger partial charge >= 0.3 is 0 Å². The molecule has 3 rings (SSSR count). The molecular weight excluding hydrogens is 390 g/mol. The second-order valence-corrected chi connectivity index (χ2v) is 6.61. The van der Waals surface area contributed by atoms with E-state index in [2.05, 4.69) is 26.2 Å². The lowest BCUT2D eigenvalue weighted by Crippen LogP contribution is -2.24. The van der Waals surface area contributed by atoms with Crippen molar-refractivity contribution in [3.63, 3.8) is 0 Å². The molecule has 6 heteroatoms. The van der Waals surface area contributed by atoms with E-state index >= 15 is 0 Å². The van der Waals surface area contributed by atoms with Crippen molar-refractivity contribution in [3.05, 3.63) is 75.6 Å². The maximum Gasteiger partial charge on any atom is 0.244 e. The number of halogens is 2. The topological polar surface area (TPSA) is 46.4 Å². The molecule has 0 fully saturated rings. The predicted octanol–water partition coefficient (Wildman–Crippen LogP) is 4.64. The first-order valence-electron chi connectivity index (χ1n) is 7.41. The number of benzene rings is 1. The second kappa shape index (κ2) is 7.20. The van der Waals surface area contributed by atoms with Crippen molar-refractivity contribution in [2.75, 3.05) is 0 Å². The van der Waals surface area contributed by atoms with Crippen LogP contribution in [0.25, 0.3) is 11.7 Å². The van der Waals surface area contributed by atoms with Crippen LogP contribution in [0.2, 0.25) is 5.15 Å². The van der Waals surface area contributed by atoms with Gasteiger partial charge in [-0.25, -0.2) is 4.98 Å². The highest BCUT2D eigenvalue weighted by molar-refractivity contribution is 9.10. The van der Waals surface area contributed by atoms with Gasteiger partial charge in [0, 0.05) is 16.7 Å². The van der Waals surface area contributed by atoms with Crippen LogP contribution in [0.3, 0.4) is 0 Å². The van der Waals surface area contributed by atoms with Crippen LogP contribution in [0, 0.1) is 0 Å². The highest BCUT2D eigenvalue weighted by Gasteiger charge is 2.09. The Labute approximate surface area is 153 Å². The number of pyridine rings is 1. The molecule has 0 spiro atoms. The first kappa shape index (κ1) is 16.7. The van der Waals surface area contributed by atoms with E-state index in [1.807, 2.05) is 60.0 Å². The molecule has 4 nitrogen and oxygen atoms in total. The maximum absolute atomic E-state index is 12.2. The summed E-state index contributed by atoms with van der Waals surface area (Å²) in [6.07, 6.45) is 5.00. The van der Waals surface area contributed by atoms with E-state index < -0.39 is 0 Å². The summed E-state index contributed by atoms with van der Waals surface area (Å²) < 4.78 is 2.84. The number of nitrogens with one attached hydrogen (secondary N) is 1. The van der Waals surface area contributed by atoms with Gasteiger partial charge in [-0.2, -0.15) is 0 Å². The van der Waals surface area contributed by atoms with Gasteiger partial charge in [0.15, 0.2) is 5.15 Å². The lowest BCUT2D eigenvalue weighted by atomic mass is 10.1. The van der Waals surface area contributed by atoms with E-state index in [0.717, 1.165) is 15.7 Å². The molecule has 1 N–H and O–H groups in total. The molecule has 1 amide bonds. The lowest BCUT2D eigenvalue weighted by Gasteiger charge is -2.12. The Morgan fingerprint density at radius 3 is 2.79 bits per heavy atom. The number of aromatic nitrogens is 2. The fraction of sp³-hybridized carbons (Fsp3) is 0.111. The van der Waals surface area contributed by atoms with Crippen molar-refractivity contribution in [3.8, 4) is 0 Å². The molecule has 2 heterocycles. The van der Waals surface area contributed by atoms with E-state index in [0.29, 0.717) is 10.8 Å². The maximum atomic E-state index is 12.2. The number of amides is 1. The van der Waals surface area contributed by atoms with Gasteiger partial charge in [0.05, 0.1) is 11.7 Å². The molecule has 0 bridgehead atoms. The van der Waals surface area contributed by atoms with E-state index in [9.17, 15) is 4.79 Å². The molecule has 0 aliphatic heterocycles. The van der Waals surface area contributed by atoms with Crippen LogP contribution in [0.15, 0.2) is 59.2 Å². The molecule has 0 saturated heterocycles. The number of fused-ring (bicyclic) bond motifs is 1. The van der Waals surface area contributed by atoms with Crippen LogP contribution >= 0.6 is 27.5 Å². The number of rotatable bonds is 4. The fourth-order valence-corrected chi connectivity index (χ4v) is 2.89. The van der Waals surface area contributed by atoms with E-state index in [1.54, 1.807) is 6.08 Å². The second-order valence-electron chi connectivity index (χ2n) is 5.33. The molecule has 0 radical (unpaired) electrons. The Bertz CT molecular complexity index is 902. The first-order valence-corrected chi connectivity index (χ1v) is 8.58. The van der Waals surface area contributed by atoms with E-state index in [4.69, 9.17) is 11.6 Å². The van der Waals surface area contributed by atoms with Crippen molar-refractivity contribution in [2.45, 2.75) is 13.0 Å². The third-order valence-corrected chi connectivity index (χ3v) is 4.45. The van der Waals surface area contributed by atoms with Crippen LogP contribution in [0.5, 0.6) is 0 Å². The number of carbonyl (C=O) groups excluding carboxylic acids is 1. The standard InChI is InChI=1S/C18H15BrClN3O/c1-12(13-5-7-14(19)8-6-13)21-17(24)10-9-15-18(20)22-16-4-2-3-11-23(15)16/h2-12H,1H3,(H,21,24)/b10-9+/t12-/m1/s1. The summed E-state index contributed by atoms with van der Waals surface area (Å²) in [5, 5.41) is 3.30. The average Bonchev–Trinajstić information content (AvgIpc) is 2.88. The summed E-state index contributed by atoms with van der Waals surface area (Å²) >= 11 is 9.55. The van der Waals surface area contributed by atoms with Gasteiger partial charge < -0.3 is 5.32 Å². The highest BCUT2D eigenvalue weighted by Crippen LogP contribution is 2.19. The molecule has 0 aliphatic carbocycles. The van der Waals surface area contributed by atoms with Crippen molar-refractivity contribution >= 4 is 45.2 Å². The Balaban J connectivity index is 1.73. The number of hydrogen-bond donors (Lipinski definition) is 1. The van der Waals surface area contributed by atoms with Gasteiger partial charge in [0.2, 0.25) is 5.91 Å². The smallest absolute Gasteiger partial charge is 0.244 e. The third-order valence-electron chi connectivity index (χ3n) is 3.64. The summed E-state index contributed by atoms with van der Waals surface area (Å²) in [4.78, 5) is 16.4. The number of carbonyl (C=O) groups is 1. The van der Waals surface area contributed by atoms with Gasteiger partial charge in [-0.05, 0) is 42.8 Å². The quantitative estimate of drug-likeness (QED) is 0.644. The van der Waals surface area contributed by atoms with E-state index in [-0.39, 0.29) is 11.9 Å². The Kier molecular flexibility index (Phi) is 5.02.